The van der Waals surface area contributed by atoms with Gasteiger partial charge < -0.3 is 15.9 Å². The zero-order valence-electron chi connectivity index (χ0n) is 10.0. The number of nitrogens with two attached hydrogens (primary N) is 1. The van der Waals surface area contributed by atoms with Crippen molar-refractivity contribution in [1.29, 1.82) is 5.41 Å². The van der Waals surface area contributed by atoms with Crippen molar-refractivity contribution < 1.29 is 24.2 Å². The Labute approximate surface area is 112 Å². The molecule has 0 saturated heterocycles. The van der Waals surface area contributed by atoms with E-state index in [2.05, 4.69) is 10.2 Å². The Balaban J connectivity index is 0.000000396. The predicted molar refractivity (Wildman–Crippen MR) is 67.2 cm³/mol. The number of benzene rings is 1. The van der Waals surface area contributed by atoms with Crippen LogP contribution in [0.2, 0.25) is 0 Å². The zero-order chi connectivity index (χ0) is 15.5. The molecular weight excluding hydrogens is 271 g/mol. The van der Waals surface area contributed by atoms with Crippen molar-refractivity contribution in [3.8, 4) is 0 Å². The molecule has 0 radical (unpaired) electrons. The van der Waals surface area contributed by atoms with E-state index in [1.165, 1.54) is 24.3 Å². The molecule has 0 aliphatic carbocycles. The van der Waals surface area contributed by atoms with Gasteiger partial charge in [0.05, 0.1) is 5.69 Å². The minimum Gasteiger partial charge on any atom is -0.478 e. The number of aliphatic carboxylic acids is 2. The van der Waals surface area contributed by atoms with Gasteiger partial charge >= 0.3 is 11.9 Å². The second kappa shape index (κ2) is 8.91. The van der Waals surface area contributed by atoms with Gasteiger partial charge in [-0.3, -0.25) is 5.41 Å². The molecule has 0 spiro atoms. The monoisotopic (exact) mass is 282 g/mol. The third-order valence-corrected chi connectivity index (χ3v) is 1.47. The van der Waals surface area contributed by atoms with E-state index in [1.54, 1.807) is 0 Å². The van der Waals surface area contributed by atoms with E-state index < -0.39 is 11.9 Å². The zero-order valence-corrected chi connectivity index (χ0v) is 10.0. The maximum Gasteiger partial charge on any atom is 0.328 e. The molecule has 0 heterocycles. The summed E-state index contributed by atoms with van der Waals surface area (Å²) in [5.74, 6) is -3.23. The predicted octanol–water partition coefficient (Wildman–Crippen LogP) is 1.51. The SMILES string of the molecule is N=C(N)N=Nc1ccc(F)cc1.O=C(O)/C=C\C(=O)O. The van der Waals surface area contributed by atoms with Crippen molar-refractivity contribution in [2.75, 3.05) is 0 Å². The molecule has 0 aliphatic heterocycles. The van der Waals surface area contributed by atoms with Crippen LogP contribution in [0.25, 0.3) is 0 Å². The fourth-order valence-corrected chi connectivity index (χ4v) is 0.762. The first kappa shape index (κ1) is 16.9. The molecular formula is C11H11FN4O4. The molecule has 5 N–H and O–H groups in total. The maximum absolute atomic E-state index is 12.3. The van der Waals surface area contributed by atoms with Gasteiger partial charge in [0, 0.05) is 12.2 Å². The number of halogens is 1. The van der Waals surface area contributed by atoms with Crippen LogP contribution in [-0.2, 0) is 9.59 Å². The van der Waals surface area contributed by atoms with Crippen LogP contribution in [0.15, 0.2) is 46.6 Å². The highest BCUT2D eigenvalue weighted by Gasteiger charge is 1.90. The van der Waals surface area contributed by atoms with Gasteiger partial charge in [-0.1, -0.05) is 0 Å². The van der Waals surface area contributed by atoms with Gasteiger partial charge in [-0.25, -0.2) is 14.0 Å². The molecule has 0 fully saturated rings. The summed E-state index contributed by atoms with van der Waals surface area (Å²) in [6.45, 7) is 0. The Bertz CT molecular complexity index is 524. The summed E-state index contributed by atoms with van der Waals surface area (Å²) in [4.78, 5) is 19.1. The topological polar surface area (TPSA) is 149 Å². The molecule has 1 aromatic rings. The first-order chi connectivity index (χ1) is 9.31. The highest BCUT2D eigenvalue weighted by atomic mass is 19.1. The molecule has 1 rings (SSSR count). The molecule has 1 aromatic carbocycles. The molecule has 0 saturated carbocycles. The first-order valence-corrected chi connectivity index (χ1v) is 4.96. The van der Waals surface area contributed by atoms with Gasteiger partial charge in [-0.15, -0.1) is 10.2 Å². The minimum absolute atomic E-state index is 0.336. The normalized spacial score (nSPS) is 10.1. The van der Waals surface area contributed by atoms with Crippen molar-refractivity contribution in [3.63, 3.8) is 0 Å². The van der Waals surface area contributed by atoms with E-state index in [1.807, 2.05) is 0 Å². The van der Waals surface area contributed by atoms with Crippen LogP contribution in [0.5, 0.6) is 0 Å². The molecule has 0 amide bonds. The molecule has 0 unspecified atom stereocenters. The summed E-state index contributed by atoms with van der Waals surface area (Å²) in [5.41, 5.74) is 5.38. The number of hydrogen-bond acceptors (Lipinski definition) is 4. The lowest BCUT2D eigenvalue weighted by atomic mass is 10.3. The number of hydrogen-bond donors (Lipinski definition) is 4. The Morgan fingerprint density at radius 1 is 1.15 bits per heavy atom. The summed E-state index contributed by atoms with van der Waals surface area (Å²) in [5, 5.41) is 29.2. The summed E-state index contributed by atoms with van der Waals surface area (Å²) in [7, 11) is 0. The van der Waals surface area contributed by atoms with Gasteiger partial charge in [0.25, 0.3) is 0 Å². The van der Waals surface area contributed by atoms with E-state index >= 15 is 0 Å². The highest BCUT2D eigenvalue weighted by molar-refractivity contribution is 5.89. The summed E-state index contributed by atoms with van der Waals surface area (Å²) < 4.78 is 12.3. The Morgan fingerprint density at radius 3 is 1.95 bits per heavy atom. The fourth-order valence-electron chi connectivity index (χ4n) is 0.762. The second-order valence-corrected chi connectivity index (χ2v) is 3.07. The number of guanidine groups is 1. The van der Waals surface area contributed by atoms with E-state index in [0.29, 0.717) is 17.8 Å². The summed E-state index contributed by atoms with van der Waals surface area (Å²) in [6.07, 6.45) is 1.12. The Kier molecular flexibility index (Phi) is 7.53. The molecule has 9 heteroatoms. The molecule has 8 nitrogen and oxygen atoms in total. The molecule has 0 aliphatic rings. The van der Waals surface area contributed by atoms with Crippen LogP contribution in [0.1, 0.15) is 0 Å². The number of azo groups is 1. The molecule has 0 aromatic heterocycles. The van der Waals surface area contributed by atoms with Crippen LogP contribution in [0.4, 0.5) is 10.1 Å². The van der Waals surface area contributed by atoms with Crippen molar-refractivity contribution in [2.45, 2.75) is 0 Å². The lowest BCUT2D eigenvalue weighted by Gasteiger charge is -1.90. The maximum atomic E-state index is 12.3. The van der Waals surface area contributed by atoms with Gasteiger partial charge in [-0.2, -0.15) is 0 Å². The average Bonchev–Trinajstić information content (AvgIpc) is 2.36. The highest BCUT2D eigenvalue weighted by Crippen LogP contribution is 2.11. The van der Waals surface area contributed by atoms with E-state index in [4.69, 9.17) is 21.4 Å². The third-order valence-electron chi connectivity index (χ3n) is 1.47. The quantitative estimate of drug-likeness (QED) is 0.287. The number of rotatable bonds is 3. The number of carboxylic acids is 2. The van der Waals surface area contributed by atoms with Crippen molar-refractivity contribution in [2.24, 2.45) is 16.0 Å². The van der Waals surface area contributed by atoms with E-state index in [0.717, 1.165) is 0 Å². The largest absolute Gasteiger partial charge is 0.478 e. The summed E-state index contributed by atoms with van der Waals surface area (Å²) in [6, 6.07) is 5.41. The Morgan fingerprint density at radius 2 is 1.60 bits per heavy atom. The molecule has 0 bridgehead atoms. The van der Waals surface area contributed by atoms with E-state index in [-0.39, 0.29) is 11.8 Å². The Hall–Kier alpha value is -3.10. The van der Waals surface area contributed by atoms with Crippen LogP contribution in [0, 0.1) is 11.2 Å². The fraction of sp³-hybridized carbons (Fsp3) is 0. The molecule has 20 heavy (non-hydrogen) atoms. The summed E-state index contributed by atoms with van der Waals surface area (Å²) >= 11 is 0. The smallest absolute Gasteiger partial charge is 0.328 e. The lowest BCUT2D eigenvalue weighted by molar-refractivity contribution is -0.134. The van der Waals surface area contributed by atoms with Gasteiger partial charge in [0.15, 0.2) is 0 Å². The molecule has 0 atom stereocenters. The van der Waals surface area contributed by atoms with Crippen molar-refractivity contribution in [1.82, 2.24) is 0 Å². The minimum atomic E-state index is -1.26. The van der Waals surface area contributed by atoms with Crippen molar-refractivity contribution in [3.05, 3.63) is 42.2 Å². The van der Waals surface area contributed by atoms with Crippen LogP contribution < -0.4 is 5.73 Å². The second-order valence-electron chi connectivity index (χ2n) is 3.07. The number of carboxylic acid groups (broad SMARTS) is 2. The average molecular weight is 282 g/mol. The number of nitrogens with zero attached hydrogens (tertiary/aromatic N) is 2. The number of nitrogens with one attached hydrogen (secondary N) is 1. The van der Waals surface area contributed by atoms with E-state index in [9.17, 15) is 14.0 Å². The van der Waals surface area contributed by atoms with Gasteiger partial charge in [-0.05, 0) is 24.3 Å². The first-order valence-electron chi connectivity index (χ1n) is 4.96. The van der Waals surface area contributed by atoms with Crippen LogP contribution in [0.3, 0.4) is 0 Å². The van der Waals surface area contributed by atoms with Crippen LogP contribution >= 0.6 is 0 Å². The standard InChI is InChI=1S/C7H7FN4.C4H4O4/c8-5-1-3-6(4-2-5)11-12-7(9)10;5-3(6)1-2-4(7)8/h1-4H,(H3,9,10);1-2H,(H,5,6)(H,7,8)/b;2-1-. The van der Waals surface area contributed by atoms with Gasteiger partial charge in [0.1, 0.15) is 5.82 Å². The lowest BCUT2D eigenvalue weighted by Crippen LogP contribution is -2.03. The van der Waals surface area contributed by atoms with Crippen molar-refractivity contribution >= 4 is 23.6 Å². The number of carbonyl (C=O) groups is 2. The third kappa shape index (κ3) is 10.1. The van der Waals surface area contributed by atoms with Gasteiger partial charge in [0.2, 0.25) is 5.96 Å². The molecule has 106 valence electrons. The van der Waals surface area contributed by atoms with Crippen LogP contribution in [-0.4, -0.2) is 28.1 Å².